The van der Waals surface area contributed by atoms with Crippen LogP contribution >= 0.6 is 22.9 Å². The molecule has 46 heavy (non-hydrogen) atoms. The van der Waals surface area contributed by atoms with Gasteiger partial charge in [-0.05, 0) is 47.2 Å². The molecule has 1 N–H and O–H groups in total. The van der Waals surface area contributed by atoms with E-state index in [1.165, 1.54) is 41.0 Å². The number of nitrogens with one attached hydrogen (secondary N) is 1. The van der Waals surface area contributed by atoms with Crippen LogP contribution in [0.4, 0.5) is 13.2 Å². The van der Waals surface area contributed by atoms with Gasteiger partial charge in [-0.25, -0.2) is 17.9 Å². The van der Waals surface area contributed by atoms with Crippen molar-refractivity contribution in [3.05, 3.63) is 122 Å². The lowest BCUT2D eigenvalue weighted by atomic mass is 10.0. The van der Waals surface area contributed by atoms with Crippen molar-refractivity contribution in [3.8, 4) is 16.8 Å². The van der Waals surface area contributed by atoms with E-state index in [1.807, 2.05) is 6.92 Å². The molecule has 0 radical (unpaired) electrons. The number of hydrogen-bond donors (Lipinski definition) is 1. The molecule has 0 atom stereocenters. The van der Waals surface area contributed by atoms with Crippen LogP contribution in [0.25, 0.3) is 16.8 Å². The average Bonchev–Trinajstić information content (AvgIpc) is 3.59. The SMILES string of the molecule is CCCCCc1nn(-c2ccccc2C(F)(F)F)c(=O)n1Cc1ccc(-c2ccccc2S(=O)(=O)NC(=O)c2sccc2Cl)cc1. The fourth-order valence-corrected chi connectivity index (χ4v) is 7.25. The zero-order valence-corrected chi connectivity index (χ0v) is 26.8. The van der Waals surface area contributed by atoms with Crippen molar-refractivity contribution in [2.45, 2.75) is 50.2 Å². The number of carbonyl (C=O) groups is 1. The maximum atomic E-state index is 13.8. The van der Waals surface area contributed by atoms with Gasteiger partial charge in [0, 0.05) is 12.0 Å². The predicted octanol–water partition coefficient (Wildman–Crippen LogP) is 7.33. The van der Waals surface area contributed by atoms with Crippen LogP contribution in [0.5, 0.6) is 0 Å². The highest BCUT2D eigenvalue weighted by Gasteiger charge is 2.35. The average molecular weight is 689 g/mol. The Morgan fingerprint density at radius 3 is 2.35 bits per heavy atom. The molecule has 14 heteroatoms. The van der Waals surface area contributed by atoms with Gasteiger partial charge in [0.05, 0.1) is 27.7 Å². The number of sulfonamides is 1. The lowest BCUT2D eigenvalue weighted by Gasteiger charge is -2.12. The molecule has 0 aliphatic rings. The summed E-state index contributed by atoms with van der Waals surface area (Å²) in [5.41, 5.74) is -0.513. The van der Waals surface area contributed by atoms with Gasteiger partial charge in [-0.15, -0.1) is 16.4 Å². The Hall–Kier alpha value is -4.20. The molecule has 0 saturated heterocycles. The molecule has 8 nitrogen and oxygen atoms in total. The molecular weight excluding hydrogens is 661 g/mol. The number of halogens is 4. The van der Waals surface area contributed by atoms with Gasteiger partial charge in [-0.1, -0.05) is 86.0 Å². The zero-order chi connectivity index (χ0) is 33.1. The number of carbonyl (C=O) groups excluding carboxylic acids is 1. The summed E-state index contributed by atoms with van der Waals surface area (Å²) in [5.74, 6) is -0.485. The Kier molecular flexibility index (Phi) is 9.85. The van der Waals surface area contributed by atoms with Crippen LogP contribution < -0.4 is 10.4 Å². The summed E-state index contributed by atoms with van der Waals surface area (Å²) in [4.78, 5) is 26.1. The van der Waals surface area contributed by atoms with E-state index in [2.05, 4.69) is 9.82 Å². The molecule has 3 aromatic carbocycles. The van der Waals surface area contributed by atoms with Crippen LogP contribution in [-0.2, 0) is 29.2 Å². The number of unbranched alkanes of at least 4 members (excludes halogenated alkanes) is 2. The van der Waals surface area contributed by atoms with Gasteiger partial charge in [-0.3, -0.25) is 9.36 Å². The minimum absolute atomic E-state index is 0.0341. The van der Waals surface area contributed by atoms with E-state index >= 15 is 0 Å². The van der Waals surface area contributed by atoms with Crippen molar-refractivity contribution >= 4 is 38.9 Å². The Balaban J connectivity index is 1.46. The summed E-state index contributed by atoms with van der Waals surface area (Å²) in [5, 5.41) is 6.05. The smallest absolute Gasteiger partial charge is 0.274 e. The Morgan fingerprint density at radius 1 is 0.978 bits per heavy atom. The Bertz CT molecular complexity index is 2030. The summed E-state index contributed by atoms with van der Waals surface area (Å²) in [6.45, 7) is 2.05. The number of nitrogens with zero attached hydrogens (tertiary/aromatic N) is 3. The van der Waals surface area contributed by atoms with Crippen molar-refractivity contribution in [2.24, 2.45) is 0 Å². The molecule has 2 heterocycles. The van der Waals surface area contributed by atoms with Crippen LogP contribution in [0, 0.1) is 0 Å². The van der Waals surface area contributed by atoms with Crippen LogP contribution in [0.1, 0.15) is 52.8 Å². The molecule has 1 amide bonds. The lowest BCUT2D eigenvalue weighted by molar-refractivity contribution is -0.137. The van der Waals surface area contributed by atoms with Crippen LogP contribution in [0.3, 0.4) is 0 Å². The molecule has 5 aromatic rings. The Labute approximate surface area is 272 Å². The number of hydrogen-bond acceptors (Lipinski definition) is 6. The summed E-state index contributed by atoms with van der Waals surface area (Å²) >= 11 is 7.02. The number of aromatic nitrogens is 3. The summed E-state index contributed by atoms with van der Waals surface area (Å²) in [6, 6.07) is 19.2. The number of alkyl halides is 3. The number of para-hydroxylation sites is 1. The molecule has 0 spiro atoms. The van der Waals surface area contributed by atoms with Crippen molar-refractivity contribution < 1.29 is 26.4 Å². The first-order valence-corrected chi connectivity index (χ1v) is 17.0. The monoisotopic (exact) mass is 688 g/mol. The van der Waals surface area contributed by atoms with Gasteiger partial charge in [0.25, 0.3) is 15.9 Å². The van der Waals surface area contributed by atoms with Crippen molar-refractivity contribution in [2.75, 3.05) is 0 Å². The largest absolute Gasteiger partial charge is 0.418 e. The second kappa shape index (κ2) is 13.7. The second-order valence-electron chi connectivity index (χ2n) is 10.4. The van der Waals surface area contributed by atoms with E-state index in [0.717, 1.165) is 34.9 Å². The number of amides is 1. The highest BCUT2D eigenvalue weighted by molar-refractivity contribution is 7.90. The summed E-state index contributed by atoms with van der Waals surface area (Å²) in [6.07, 6.45) is -1.81. The third-order valence-corrected chi connectivity index (χ3v) is 9.94. The lowest BCUT2D eigenvalue weighted by Crippen LogP contribution is -2.30. The summed E-state index contributed by atoms with van der Waals surface area (Å²) < 4.78 is 72.1. The standard InChI is InChI=1S/C32H28ClF3N4O4S2/c1-2-3-4-13-28-37-40(26-11-7-6-10-24(26)32(34,35)36)31(42)39(28)20-21-14-16-22(17-15-21)23-9-5-8-12-27(23)46(43,44)38-30(41)29-25(33)18-19-45-29/h5-12,14-19H,2-4,13,20H2,1H3,(H,38,41). The molecule has 0 aliphatic heterocycles. The molecule has 240 valence electrons. The van der Waals surface area contributed by atoms with E-state index in [9.17, 15) is 31.2 Å². The number of rotatable bonds is 11. The topological polar surface area (TPSA) is 103 Å². The number of thiophene rings is 1. The zero-order valence-electron chi connectivity index (χ0n) is 24.4. The van der Waals surface area contributed by atoms with Crippen molar-refractivity contribution in [3.63, 3.8) is 0 Å². The van der Waals surface area contributed by atoms with E-state index in [0.29, 0.717) is 35.4 Å². The molecule has 0 saturated carbocycles. The van der Waals surface area contributed by atoms with E-state index < -0.39 is 33.4 Å². The first kappa shape index (κ1) is 33.2. The second-order valence-corrected chi connectivity index (χ2v) is 13.4. The number of aryl methyl sites for hydroxylation is 1. The molecule has 5 rings (SSSR count). The van der Waals surface area contributed by atoms with Gasteiger partial charge in [-0.2, -0.15) is 17.9 Å². The maximum absolute atomic E-state index is 13.8. The maximum Gasteiger partial charge on any atom is 0.418 e. The minimum atomic E-state index is -4.68. The quantitative estimate of drug-likeness (QED) is 0.146. The van der Waals surface area contributed by atoms with Gasteiger partial charge in [0.1, 0.15) is 10.7 Å². The molecule has 2 aromatic heterocycles. The minimum Gasteiger partial charge on any atom is -0.274 e. The van der Waals surface area contributed by atoms with Crippen molar-refractivity contribution in [1.29, 1.82) is 0 Å². The first-order chi connectivity index (χ1) is 21.9. The van der Waals surface area contributed by atoms with Gasteiger partial charge in [0.15, 0.2) is 0 Å². The highest BCUT2D eigenvalue weighted by atomic mass is 35.5. The molecule has 0 fully saturated rings. The molecule has 0 unspecified atom stereocenters. The Morgan fingerprint density at radius 2 is 1.67 bits per heavy atom. The predicted molar refractivity (Wildman–Crippen MR) is 171 cm³/mol. The summed E-state index contributed by atoms with van der Waals surface area (Å²) in [7, 11) is -4.29. The third kappa shape index (κ3) is 7.11. The number of benzene rings is 3. The fourth-order valence-electron chi connectivity index (χ4n) is 4.96. The van der Waals surface area contributed by atoms with Crippen molar-refractivity contribution in [1.82, 2.24) is 19.1 Å². The fraction of sp³-hybridized carbons (Fsp3) is 0.219. The van der Waals surface area contributed by atoms with E-state index in [4.69, 9.17) is 11.6 Å². The van der Waals surface area contributed by atoms with Gasteiger partial charge < -0.3 is 0 Å². The van der Waals surface area contributed by atoms with Crippen LogP contribution in [0.2, 0.25) is 5.02 Å². The van der Waals surface area contributed by atoms with Gasteiger partial charge in [0.2, 0.25) is 0 Å². The highest BCUT2D eigenvalue weighted by Crippen LogP contribution is 2.33. The van der Waals surface area contributed by atoms with E-state index in [1.54, 1.807) is 41.8 Å². The third-order valence-electron chi connectivity index (χ3n) is 7.21. The molecule has 0 bridgehead atoms. The normalized spacial score (nSPS) is 11.9. The van der Waals surface area contributed by atoms with Crippen LogP contribution in [0.15, 0.2) is 93.9 Å². The van der Waals surface area contributed by atoms with E-state index in [-0.39, 0.29) is 27.0 Å². The van der Waals surface area contributed by atoms with Gasteiger partial charge >= 0.3 is 11.9 Å². The molecule has 0 aliphatic carbocycles. The molecular formula is C32H28ClF3N4O4S2. The van der Waals surface area contributed by atoms with Crippen LogP contribution in [-0.4, -0.2) is 28.7 Å². The first-order valence-electron chi connectivity index (χ1n) is 14.2.